The van der Waals surface area contributed by atoms with E-state index in [4.69, 9.17) is 15.5 Å². The van der Waals surface area contributed by atoms with E-state index in [1.54, 1.807) is 0 Å². The molecule has 1 aliphatic heterocycles. The van der Waals surface area contributed by atoms with Crippen LogP contribution in [-0.4, -0.2) is 24.6 Å². The topological polar surface area (TPSA) is 47.6 Å². The zero-order valence-electron chi connectivity index (χ0n) is 9.99. The predicted octanol–water partition coefficient (Wildman–Crippen LogP) is 1.96. The van der Waals surface area contributed by atoms with Gasteiger partial charge in [0, 0.05) is 5.41 Å². The fourth-order valence-electron chi connectivity index (χ4n) is 2.39. The molecule has 0 aromatic heterocycles. The van der Waals surface area contributed by atoms with Crippen LogP contribution >= 0.6 is 0 Å². The summed E-state index contributed by atoms with van der Waals surface area (Å²) in [7, 11) is 0. The van der Waals surface area contributed by atoms with Crippen LogP contribution in [0.25, 0.3) is 0 Å². The summed E-state index contributed by atoms with van der Waals surface area (Å²) in [5.41, 5.74) is 5.77. The Bertz CT molecular complexity index is 267. The van der Waals surface area contributed by atoms with Crippen molar-refractivity contribution in [1.29, 1.82) is 0 Å². The zero-order valence-corrected chi connectivity index (χ0v) is 9.99. The largest absolute Gasteiger partial charge is 0.475 e. The summed E-state index contributed by atoms with van der Waals surface area (Å²) in [4.78, 5) is 4.72. The van der Waals surface area contributed by atoms with Crippen molar-refractivity contribution < 1.29 is 4.74 Å². The number of hydrogen-bond donors (Lipinski definition) is 1. The molecule has 1 saturated carbocycles. The van der Waals surface area contributed by atoms with Gasteiger partial charge in [-0.2, -0.15) is 0 Å². The van der Waals surface area contributed by atoms with Crippen LogP contribution in [-0.2, 0) is 4.74 Å². The predicted molar refractivity (Wildman–Crippen MR) is 61.9 cm³/mol. The number of nitrogens with two attached hydrogens (primary N) is 1. The molecule has 3 heteroatoms. The quantitative estimate of drug-likeness (QED) is 0.719. The van der Waals surface area contributed by atoms with Crippen LogP contribution in [0.15, 0.2) is 4.99 Å². The van der Waals surface area contributed by atoms with E-state index in [-0.39, 0.29) is 5.41 Å². The van der Waals surface area contributed by atoms with Gasteiger partial charge in [-0.1, -0.05) is 20.8 Å². The molecular formula is C12H22N2O. The smallest absolute Gasteiger partial charge is 0.189 e. The molecule has 0 amide bonds. The Kier molecular flexibility index (Phi) is 2.75. The maximum absolute atomic E-state index is 5.93. The Morgan fingerprint density at radius 2 is 2.13 bits per heavy atom. The van der Waals surface area contributed by atoms with Gasteiger partial charge in [0.1, 0.15) is 6.10 Å². The van der Waals surface area contributed by atoms with E-state index in [1.807, 2.05) is 0 Å². The molecule has 86 valence electrons. The first kappa shape index (κ1) is 10.9. The van der Waals surface area contributed by atoms with E-state index in [0.717, 1.165) is 25.3 Å². The van der Waals surface area contributed by atoms with E-state index in [1.165, 1.54) is 6.42 Å². The van der Waals surface area contributed by atoms with Gasteiger partial charge in [-0.15, -0.1) is 0 Å². The van der Waals surface area contributed by atoms with Crippen LogP contribution in [0, 0.1) is 11.3 Å². The third-order valence-corrected chi connectivity index (χ3v) is 3.38. The summed E-state index contributed by atoms with van der Waals surface area (Å²) in [5.74, 6) is 1.59. The molecule has 1 fully saturated rings. The van der Waals surface area contributed by atoms with Crippen molar-refractivity contribution in [3.63, 3.8) is 0 Å². The molecule has 3 nitrogen and oxygen atoms in total. The van der Waals surface area contributed by atoms with E-state index >= 15 is 0 Å². The highest BCUT2D eigenvalue weighted by Crippen LogP contribution is 2.35. The van der Waals surface area contributed by atoms with Crippen molar-refractivity contribution >= 4 is 5.90 Å². The summed E-state index contributed by atoms with van der Waals surface area (Å²) in [6, 6.07) is 0.376. The monoisotopic (exact) mass is 210 g/mol. The molecule has 0 radical (unpaired) electrons. The third-order valence-electron chi connectivity index (χ3n) is 3.38. The summed E-state index contributed by atoms with van der Waals surface area (Å²) >= 11 is 0. The van der Waals surface area contributed by atoms with Crippen molar-refractivity contribution in [3.8, 4) is 0 Å². The van der Waals surface area contributed by atoms with E-state index in [0.29, 0.717) is 18.1 Å². The number of aliphatic imine (C=N–C) groups is 1. The lowest BCUT2D eigenvalue weighted by molar-refractivity contribution is 0.119. The SMILES string of the molecule is CC(C)(C)C1=NC2CC(CN)CCC2O1. The Labute approximate surface area is 92.1 Å². The molecule has 0 saturated heterocycles. The fourth-order valence-corrected chi connectivity index (χ4v) is 2.39. The second kappa shape index (κ2) is 3.78. The molecular weight excluding hydrogens is 188 g/mol. The molecule has 1 heterocycles. The standard InChI is InChI=1S/C12H22N2O/c1-12(2,3)11-14-9-6-8(7-13)4-5-10(9)15-11/h8-10H,4-7,13H2,1-3H3. The highest BCUT2D eigenvalue weighted by molar-refractivity contribution is 5.83. The normalized spacial score (nSPS) is 35.7. The molecule has 0 aromatic rings. The molecule has 0 aromatic carbocycles. The minimum absolute atomic E-state index is 0.0511. The van der Waals surface area contributed by atoms with Crippen molar-refractivity contribution in [2.24, 2.45) is 22.1 Å². The van der Waals surface area contributed by atoms with Crippen LogP contribution < -0.4 is 5.73 Å². The van der Waals surface area contributed by atoms with Crippen molar-refractivity contribution in [1.82, 2.24) is 0 Å². The molecule has 15 heavy (non-hydrogen) atoms. The molecule has 3 atom stereocenters. The van der Waals surface area contributed by atoms with Gasteiger partial charge in [-0.25, -0.2) is 4.99 Å². The Balaban J connectivity index is 2.05. The van der Waals surface area contributed by atoms with Gasteiger partial charge in [-0.3, -0.25) is 0 Å². The lowest BCUT2D eigenvalue weighted by Crippen LogP contribution is -2.34. The first-order chi connectivity index (χ1) is 7.00. The molecule has 0 bridgehead atoms. The highest BCUT2D eigenvalue weighted by atomic mass is 16.5. The Morgan fingerprint density at radius 1 is 1.40 bits per heavy atom. The Morgan fingerprint density at radius 3 is 2.73 bits per heavy atom. The van der Waals surface area contributed by atoms with Gasteiger partial charge in [0.05, 0.1) is 6.04 Å². The van der Waals surface area contributed by atoms with Gasteiger partial charge in [0.25, 0.3) is 0 Å². The number of hydrogen-bond acceptors (Lipinski definition) is 3. The van der Waals surface area contributed by atoms with Gasteiger partial charge in [-0.05, 0) is 31.7 Å². The van der Waals surface area contributed by atoms with E-state index < -0.39 is 0 Å². The number of fused-ring (bicyclic) bond motifs is 1. The van der Waals surface area contributed by atoms with Crippen LogP contribution in [0.4, 0.5) is 0 Å². The zero-order chi connectivity index (χ0) is 11.1. The summed E-state index contributed by atoms with van der Waals surface area (Å²) in [6.45, 7) is 7.26. The lowest BCUT2D eigenvalue weighted by Gasteiger charge is -2.28. The van der Waals surface area contributed by atoms with Crippen LogP contribution in [0.2, 0.25) is 0 Å². The van der Waals surface area contributed by atoms with Crippen LogP contribution in [0.3, 0.4) is 0 Å². The summed E-state index contributed by atoms with van der Waals surface area (Å²) in [6.07, 6.45) is 3.77. The van der Waals surface area contributed by atoms with Gasteiger partial charge in [0.15, 0.2) is 5.90 Å². The van der Waals surface area contributed by atoms with Crippen LogP contribution in [0.1, 0.15) is 40.0 Å². The average Bonchev–Trinajstić information content (AvgIpc) is 2.59. The Hall–Kier alpha value is -0.570. The van der Waals surface area contributed by atoms with Crippen molar-refractivity contribution in [2.45, 2.75) is 52.2 Å². The van der Waals surface area contributed by atoms with Gasteiger partial charge < -0.3 is 10.5 Å². The molecule has 1 aliphatic carbocycles. The van der Waals surface area contributed by atoms with E-state index in [2.05, 4.69) is 20.8 Å². The number of rotatable bonds is 1. The molecule has 2 N–H and O–H groups in total. The summed E-state index contributed by atoms with van der Waals surface area (Å²) in [5, 5.41) is 0. The van der Waals surface area contributed by atoms with Crippen molar-refractivity contribution in [3.05, 3.63) is 0 Å². The molecule has 2 rings (SSSR count). The minimum atomic E-state index is 0.0511. The second-order valence-corrected chi connectivity index (χ2v) is 5.82. The minimum Gasteiger partial charge on any atom is -0.475 e. The third kappa shape index (κ3) is 2.17. The molecule has 2 aliphatic rings. The average molecular weight is 210 g/mol. The van der Waals surface area contributed by atoms with E-state index in [9.17, 15) is 0 Å². The molecule has 3 unspecified atom stereocenters. The maximum Gasteiger partial charge on any atom is 0.189 e. The first-order valence-corrected chi connectivity index (χ1v) is 5.95. The highest BCUT2D eigenvalue weighted by Gasteiger charge is 2.39. The van der Waals surface area contributed by atoms with Gasteiger partial charge in [0.2, 0.25) is 0 Å². The lowest BCUT2D eigenvalue weighted by atomic mass is 9.84. The van der Waals surface area contributed by atoms with Gasteiger partial charge >= 0.3 is 0 Å². The number of ether oxygens (including phenoxy) is 1. The summed E-state index contributed by atoms with van der Waals surface area (Å²) < 4.78 is 5.93. The maximum atomic E-state index is 5.93. The first-order valence-electron chi connectivity index (χ1n) is 5.95. The second-order valence-electron chi connectivity index (χ2n) is 5.82. The fraction of sp³-hybridized carbons (Fsp3) is 0.917. The number of nitrogens with zero attached hydrogens (tertiary/aromatic N) is 1. The van der Waals surface area contributed by atoms with Crippen LogP contribution in [0.5, 0.6) is 0 Å². The van der Waals surface area contributed by atoms with Crippen molar-refractivity contribution in [2.75, 3.05) is 6.54 Å². The molecule has 0 spiro atoms.